The van der Waals surface area contributed by atoms with Gasteiger partial charge in [0.2, 0.25) is 0 Å². The van der Waals surface area contributed by atoms with Crippen LogP contribution in [0.15, 0.2) is 35.3 Å². The summed E-state index contributed by atoms with van der Waals surface area (Å²) in [6.45, 7) is 9.86. The molecule has 25 heavy (non-hydrogen) atoms. The maximum Gasteiger partial charge on any atom is 0.410 e. The average molecular weight is 346 g/mol. The van der Waals surface area contributed by atoms with Crippen molar-refractivity contribution in [3.8, 4) is 0 Å². The van der Waals surface area contributed by atoms with Gasteiger partial charge in [-0.15, -0.1) is 0 Å². The molecule has 0 aromatic heterocycles. The first-order valence-corrected chi connectivity index (χ1v) is 8.77. The molecular formula is C19H30N4O2. The molecule has 0 aliphatic carbocycles. The van der Waals surface area contributed by atoms with Gasteiger partial charge in [-0.05, 0) is 51.2 Å². The van der Waals surface area contributed by atoms with E-state index in [1.165, 1.54) is 0 Å². The molecule has 6 heteroatoms. The van der Waals surface area contributed by atoms with Gasteiger partial charge in [-0.25, -0.2) is 4.79 Å². The molecule has 0 unspecified atom stereocenters. The van der Waals surface area contributed by atoms with Crippen LogP contribution in [0.1, 0.15) is 40.5 Å². The van der Waals surface area contributed by atoms with E-state index >= 15 is 0 Å². The van der Waals surface area contributed by atoms with E-state index in [2.05, 4.69) is 17.2 Å². The van der Waals surface area contributed by atoms with Gasteiger partial charge in [-0.3, -0.25) is 4.99 Å². The Morgan fingerprint density at radius 2 is 1.88 bits per heavy atom. The molecular weight excluding hydrogens is 316 g/mol. The molecule has 138 valence electrons. The molecule has 1 aromatic carbocycles. The molecule has 1 aliphatic heterocycles. The number of likely N-dealkylation sites (tertiary alicyclic amines) is 1. The van der Waals surface area contributed by atoms with Crippen LogP contribution in [0, 0.1) is 5.41 Å². The lowest BCUT2D eigenvalue weighted by molar-refractivity contribution is 0.0127. The monoisotopic (exact) mass is 346 g/mol. The zero-order valence-electron chi connectivity index (χ0n) is 15.7. The number of nitrogens with one attached hydrogen (secondary N) is 1. The molecule has 1 aromatic rings. The van der Waals surface area contributed by atoms with Crippen molar-refractivity contribution < 1.29 is 9.53 Å². The van der Waals surface area contributed by atoms with Crippen molar-refractivity contribution in [3.05, 3.63) is 30.3 Å². The number of aliphatic imine (C=N–C) groups is 1. The quantitative estimate of drug-likeness (QED) is 0.649. The summed E-state index contributed by atoms with van der Waals surface area (Å²) in [5, 5.41) is 3.09. The molecule has 6 nitrogen and oxygen atoms in total. The number of anilines is 1. The van der Waals surface area contributed by atoms with E-state index in [-0.39, 0.29) is 11.5 Å². The van der Waals surface area contributed by atoms with E-state index in [4.69, 9.17) is 10.5 Å². The standard InChI is InChI=1S/C19H30N4O2/c1-18(2,3)25-17(24)23-12-10-19(4,11-13-23)14-21-16(20)22-15-8-6-5-7-9-15/h5-9H,10-14H2,1-4H3,(H3,20,21,22). The molecule has 1 fully saturated rings. The first-order valence-electron chi connectivity index (χ1n) is 8.77. The van der Waals surface area contributed by atoms with E-state index in [0.29, 0.717) is 25.6 Å². The Morgan fingerprint density at radius 3 is 2.44 bits per heavy atom. The number of carbonyl (C=O) groups is 1. The number of ether oxygens (including phenoxy) is 1. The van der Waals surface area contributed by atoms with Gasteiger partial charge in [0.25, 0.3) is 0 Å². The molecule has 0 saturated carbocycles. The van der Waals surface area contributed by atoms with Gasteiger partial charge in [0.1, 0.15) is 5.60 Å². The van der Waals surface area contributed by atoms with Crippen molar-refractivity contribution >= 4 is 17.7 Å². The predicted octanol–water partition coefficient (Wildman–Crippen LogP) is 3.45. The lowest BCUT2D eigenvalue weighted by Gasteiger charge is -2.38. The average Bonchev–Trinajstić information content (AvgIpc) is 2.53. The minimum atomic E-state index is -0.459. The summed E-state index contributed by atoms with van der Waals surface area (Å²) in [5.74, 6) is 0.419. The lowest BCUT2D eigenvalue weighted by Crippen LogP contribution is -2.45. The molecule has 1 heterocycles. The van der Waals surface area contributed by atoms with Crippen LogP contribution < -0.4 is 11.1 Å². The highest BCUT2D eigenvalue weighted by Crippen LogP contribution is 2.31. The Labute approximate surface area is 150 Å². The maximum atomic E-state index is 12.1. The van der Waals surface area contributed by atoms with Crippen LogP contribution in [0.5, 0.6) is 0 Å². The van der Waals surface area contributed by atoms with Crippen molar-refractivity contribution in [2.45, 2.75) is 46.1 Å². The van der Waals surface area contributed by atoms with E-state index in [1.54, 1.807) is 4.90 Å². The van der Waals surface area contributed by atoms with E-state index in [9.17, 15) is 4.79 Å². The highest BCUT2D eigenvalue weighted by Gasteiger charge is 2.33. The summed E-state index contributed by atoms with van der Waals surface area (Å²) in [4.78, 5) is 18.4. The SMILES string of the molecule is CC1(CN=C(N)Nc2ccccc2)CCN(C(=O)OC(C)(C)C)CC1. The largest absolute Gasteiger partial charge is 0.444 e. The van der Waals surface area contributed by atoms with Crippen molar-refractivity contribution in [1.29, 1.82) is 0 Å². The molecule has 1 amide bonds. The Kier molecular flexibility index (Phi) is 5.93. The van der Waals surface area contributed by atoms with E-state index in [0.717, 1.165) is 18.5 Å². The normalized spacial score (nSPS) is 17.9. The van der Waals surface area contributed by atoms with Crippen LogP contribution in [0.25, 0.3) is 0 Å². The van der Waals surface area contributed by atoms with Crippen LogP contribution in [0.3, 0.4) is 0 Å². The third kappa shape index (κ3) is 6.29. The second-order valence-corrected chi connectivity index (χ2v) is 7.97. The van der Waals surface area contributed by atoms with Gasteiger partial charge in [0.15, 0.2) is 5.96 Å². The first kappa shape index (κ1) is 19.1. The summed E-state index contributed by atoms with van der Waals surface area (Å²) in [6.07, 6.45) is 1.53. The maximum absolute atomic E-state index is 12.1. The number of carbonyl (C=O) groups excluding carboxylic acids is 1. The summed E-state index contributed by atoms with van der Waals surface area (Å²) in [7, 11) is 0. The van der Waals surface area contributed by atoms with Crippen LogP contribution >= 0.6 is 0 Å². The van der Waals surface area contributed by atoms with Crippen molar-refractivity contribution in [2.75, 3.05) is 25.0 Å². The van der Waals surface area contributed by atoms with Gasteiger partial charge >= 0.3 is 6.09 Å². The van der Waals surface area contributed by atoms with E-state index in [1.807, 2.05) is 51.1 Å². The Balaban J connectivity index is 1.83. The molecule has 0 radical (unpaired) electrons. The summed E-state index contributed by atoms with van der Waals surface area (Å²) < 4.78 is 5.44. The smallest absolute Gasteiger partial charge is 0.410 e. The number of rotatable bonds is 3. The molecule has 1 saturated heterocycles. The number of benzene rings is 1. The lowest BCUT2D eigenvalue weighted by atomic mass is 9.80. The molecule has 0 atom stereocenters. The van der Waals surface area contributed by atoms with Crippen molar-refractivity contribution in [3.63, 3.8) is 0 Å². The number of piperidine rings is 1. The fourth-order valence-corrected chi connectivity index (χ4v) is 2.70. The topological polar surface area (TPSA) is 80.0 Å². The number of guanidine groups is 1. The van der Waals surface area contributed by atoms with E-state index < -0.39 is 5.60 Å². The number of nitrogens with two attached hydrogens (primary N) is 1. The highest BCUT2D eigenvalue weighted by atomic mass is 16.6. The van der Waals surface area contributed by atoms with Crippen LogP contribution in [0.2, 0.25) is 0 Å². The Bertz CT molecular complexity index is 600. The molecule has 0 spiro atoms. The number of para-hydroxylation sites is 1. The number of hydrogen-bond donors (Lipinski definition) is 2. The van der Waals surface area contributed by atoms with Crippen LogP contribution in [0.4, 0.5) is 10.5 Å². The molecule has 0 bridgehead atoms. The fourth-order valence-electron chi connectivity index (χ4n) is 2.70. The molecule has 1 aliphatic rings. The number of amides is 1. The second-order valence-electron chi connectivity index (χ2n) is 7.97. The summed E-state index contributed by atoms with van der Waals surface area (Å²) in [5.41, 5.74) is 6.49. The van der Waals surface area contributed by atoms with Crippen molar-refractivity contribution in [2.24, 2.45) is 16.1 Å². The minimum absolute atomic E-state index is 0.0432. The number of nitrogens with zero attached hydrogens (tertiary/aromatic N) is 2. The van der Waals surface area contributed by atoms with Gasteiger partial charge in [-0.2, -0.15) is 0 Å². The van der Waals surface area contributed by atoms with Gasteiger partial charge in [-0.1, -0.05) is 25.1 Å². The zero-order chi connectivity index (χ0) is 18.5. The zero-order valence-corrected chi connectivity index (χ0v) is 15.7. The second kappa shape index (κ2) is 7.76. The minimum Gasteiger partial charge on any atom is -0.444 e. The van der Waals surface area contributed by atoms with Crippen molar-refractivity contribution in [1.82, 2.24) is 4.90 Å². The van der Waals surface area contributed by atoms with Gasteiger partial charge in [0.05, 0.1) is 0 Å². The Hall–Kier alpha value is -2.24. The molecule has 3 N–H and O–H groups in total. The molecule has 2 rings (SSSR count). The number of hydrogen-bond acceptors (Lipinski definition) is 3. The predicted molar refractivity (Wildman–Crippen MR) is 102 cm³/mol. The Morgan fingerprint density at radius 1 is 1.28 bits per heavy atom. The first-order chi connectivity index (χ1) is 11.7. The summed E-state index contributed by atoms with van der Waals surface area (Å²) in [6, 6.07) is 9.75. The third-order valence-electron chi connectivity index (χ3n) is 4.30. The highest BCUT2D eigenvalue weighted by molar-refractivity contribution is 5.92. The summed E-state index contributed by atoms with van der Waals surface area (Å²) >= 11 is 0. The third-order valence-corrected chi connectivity index (χ3v) is 4.30. The fraction of sp³-hybridized carbons (Fsp3) is 0.579. The van der Waals surface area contributed by atoms with Gasteiger partial charge in [0, 0.05) is 25.3 Å². The van der Waals surface area contributed by atoms with Gasteiger partial charge < -0.3 is 20.7 Å². The van der Waals surface area contributed by atoms with Crippen LogP contribution in [-0.2, 0) is 4.74 Å². The van der Waals surface area contributed by atoms with Crippen LogP contribution in [-0.4, -0.2) is 42.2 Å².